The molecule has 1 unspecified atom stereocenters. The highest BCUT2D eigenvalue weighted by atomic mass is 16.3. The number of furan rings is 1. The fourth-order valence-corrected chi connectivity index (χ4v) is 7.67. The fraction of sp³-hybridized carbons (Fsp3) is 0.0233. The third-order valence-electron chi connectivity index (χ3n) is 9.68. The van der Waals surface area contributed by atoms with Crippen LogP contribution in [0.1, 0.15) is 22.6 Å². The van der Waals surface area contributed by atoms with E-state index in [4.69, 9.17) is 4.42 Å². The maximum atomic E-state index is 6.16. The van der Waals surface area contributed by atoms with Crippen molar-refractivity contribution >= 4 is 43.7 Å². The van der Waals surface area contributed by atoms with Crippen LogP contribution in [0, 0.1) is 0 Å². The van der Waals surface area contributed by atoms with E-state index in [2.05, 4.69) is 150 Å². The van der Waals surface area contributed by atoms with Crippen LogP contribution in [0.5, 0.6) is 0 Å². The molecule has 2 heterocycles. The van der Waals surface area contributed by atoms with E-state index in [9.17, 15) is 0 Å². The van der Waals surface area contributed by atoms with E-state index in [0.29, 0.717) is 0 Å². The van der Waals surface area contributed by atoms with Crippen LogP contribution in [0.25, 0.3) is 71.7 Å². The first-order valence-electron chi connectivity index (χ1n) is 15.6. The third-order valence-corrected chi connectivity index (χ3v) is 9.68. The lowest BCUT2D eigenvalue weighted by atomic mass is 9.89. The average molecular weight is 574 g/mol. The van der Waals surface area contributed by atoms with E-state index >= 15 is 0 Å². The van der Waals surface area contributed by atoms with Crippen LogP contribution in [-0.2, 0) is 0 Å². The summed E-state index contributed by atoms with van der Waals surface area (Å²) in [7, 11) is 0. The molecule has 1 aliphatic rings. The molecule has 2 aromatic heterocycles. The fourth-order valence-electron chi connectivity index (χ4n) is 7.67. The Labute approximate surface area is 260 Å². The summed E-state index contributed by atoms with van der Waals surface area (Å²) < 4.78 is 8.57. The van der Waals surface area contributed by atoms with Gasteiger partial charge in [-0.1, -0.05) is 115 Å². The lowest BCUT2D eigenvalue weighted by Crippen LogP contribution is -1.98. The van der Waals surface area contributed by atoms with Gasteiger partial charge in [-0.3, -0.25) is 0 Å². The van der Waals surface area contributed by atoms with Crippen LogP contribution in [0.3, 0.4) is 0 Å². The highest BCUT2D eigenvalue weighted by Gasteiger charge is 2.29. The zero-order valence-electron chi connectivity index (χ0n) is 24.4. The molecule has 1 atom stereocenters. The molecule has 45 heavy (non-hydrogen) atoms. The third kappa shape index (κ3) is 3.57. The zero-order valence-corrected chi connectivity index (χ0v) is 24.4. The maximum absolute atomic E-state index is 6.16. The second-order valence-electron chi connectivity index (χ2n) is 12.1. The number of aromatic nitrogens is 1. The van der Waals surface area contributed by atoms with Crippen LogP contribution in [-0.4, -0.2) is 4.57 Å². The molecule has 0 saturated carbocycles. The van der Waals surface area contributed by atoms with Gasteiger partial charge in [0, 0.05) is 33.2 Å². The second kappa shape index (κ2) is 9.32. The standard InChI is InChI=1S/C43H27NO/c1-2-10-27(11-3-1)43-35-15-5-4-12-31(35)37-24-28(19-22-36(37)43)29-18-21-33-32-13-6-8-16-39(32)44(40(33)25-29)30-20-23-42-38(26-30)34-14-7-9-17-41(34)45-42/h1-26,43H. The van der Waals surface area contributed by atoms with Crippen LogP contribution in [0.4, 0.5) is 0 Å². The number of benzene rings is 7. The van der Waals surface area contributed by atoms with E-state index in [-0.39, 0.29) is 5.92 Å². The van der Waals surface area contributed by atoms with E-state index in [1.54, 1.807) is 0 Å². The Kier molecular flexibility index (Phi) is 5.09. The van der Waals surface area contributed by atoms with Crippen molar-refractivity contribution in [3.8, 4) is 27.9 Å². The van der Waals surface area contributed by atoms with Crippen LogP contribution in [0.2, 0.25) is 0 Å². The lowest BCUT2D eigenvalue weighted by molar-refractivity contribution is 0.669. The molecule has 210 valence electrons. The first-order valence-corrected chi connectivity index (χ1v) is 15.6. The van der Waals surface area contributed by atoms with Gasteiger partial charge in [0.25, 0.3) is 0 Å². The van der Waals surface area contributed by atoms with Crippen molar-refractivity contribution in [3.05, 3.63) is 174 Å². The van der Waals surface area contributed by atoms with E-state index in [1.165, 1.54) is 60.8 Å². The number of fused-ring (bicyclic) bond motifs is 9. The minimum absolute atomic E-state index is 0.255. The average Bonchev–Trinajstić information content (AvgIpc) is 3.75. The Hall–Kier alpha value is -5.86. The topological polar surface area (TPSA) is 18.1 Å². The normalized spacial score (nSPS) is 14.0. The number of rotatable bonds is 3. The predicted octanol–water partition coefficient (Wildman–Crippen LogP) is 11.5. The molecule has 0 amide bonds. The van der Waals surface area contributed by atoms with Crippen molar-refractivity contribution in [1.29, 1.82) is 0 Å². The molecule has 0 spiro atoms. The molecule has 0 fully saturated rings. The number of hydrogen-bond acceptors (Lipinski definition) is 1. The van der Waals surface area contributed by atoms with Gasteiger partial charge in [0.2, 0.25) is 0 Å². The van der Waals surface area contributed by atoms with Gasteiger partial charge in [-0.15, -0.1) is 0 Å². The Bertz CT molecular complexity index is 2600. The molecule has 0 N–H and O–H groups in total. The molecule has 9 aromatic rings. The summed E-state index contributed by atoms with van der Waals surface area (Å²) in [6.07, 6.45) is 0. The minimum atomic E-state index is 0.255. The predicted molar refractivity (Wildman–Crippen MR) is 186 cm³/mol. The van der Waals surface area contributed by atoms with Gasteiger partial charge >= 0.3 is 0 Å². The second-order valence-corrected chi connectivity index (χ2v) is 12.1. The van der Waals surface area contributed by atoms with Gasteiger partial charge in [0.05, 0.1) is 11.0 Å². The highest BCUT2D eigenvalue weighted by molar-refractivity contribution is 6.11. The van der Waals surface area contributed by atoms with Crippen LogP contribution < -0.4 is 0 Å². The number of nitrogens with zero attached hydrogens (tertiary/aromatic N) is 1. The summed E-state index contributed by atoms with van der Waals surface area (Å²) in [4.78, 5) is 0. The molecule has 0 radical (unpaired) electrons. The van der Waals surface area contributed by atoms with Gasteiger partial charge in [-0.2, -0.15) is 0 Å². The number of para-hydroxylation sites is 2. The Morgan fingerprint density at radius 1 is 0.422 bits per heavy atom. The monoisotopic (exact) mass is 573 g/mol. The summed E-state index contributed by atoms with van der Waals surface area (Å²) in [5.41, 5.74) is 14.6. The summed E-state index contributed by atoms with van der Waals surface area (Å²) in [5, 5.41) is 4.78. The SMILES string of the molecule is c1ccc(C2c3ccccc3-c3cc(-c4ccc5c6ccccc6n(-c6ccc7oc8ccccc8c7c6)c5c4)ccc32)cc1. The van der Waals surface area contributed by atoms with Gasteiger partial charge < -0.3 is 8.98 Å². The summed E-state index contributed by atoms with van der Waals surface area (Å²) >= 11 is 0. The summed E-state index contributed by atoms with van der Waals surface area (Å²) in [6.45, 7) is 0. The van der Waals surface area contributed by atoms with E-state index in [0.717, 1.165) is 27.6 Å². The molecule has 0 bridgehead atoms. The van der Waals surface area contributed by atoms with Gasteiger partial charge in [0.15, 0.2) is 0 Å². The zero-order chi connectivity index (χ0) is 29.5. The molecule has 0 aliphatic heterocycles. The molecule has 2 nitrogen and oxygen atoms in total. The first kappa shape index (κ1) is 24.6. The van der Waals surface area contributed by atoms with Crippen molar-refractivity contribution in [2.24, 2.45) is 0 Å². The molecule has 1 aliphatic carbocycles. The number of hydrogen-bond donors (Lipinski definition) is 0. The van der Waals surface area contributed by atoms with Crippen molar-refractivity contribution in [2.45, 2.75) is 5.92 Å². The van der Waals surface area contributed by atoms with Crippen molar-refractivity contribution < 1.29 is 4.42 Å². The molecule has 7 aromatic carbocycles. The van der Waals surface area contributed by atoms with Crippen molar-refractivity contribution in [1.82, 2.24) is 4.57 Å². The molecule has 0 saturated heterocycles. The largest absolute Gasteiger partial charge is 0.456 e. The molecule has 10 rings (SSSR count). The van der Waals surface area contributed by atoms with E-state index in [1.807, 2.05) is 12.1 Å². The van der Waals surface area contributed by atoms with Gasteiger partial charge in [0.1, 0.15) is 11.2 Å². The smallest absolute Gasteiger partial charge is 0.135 e. The quantitative estimate of drug-likeness (QED) is 0.206. The Morgan fingerprint density at radius 2 is 1.11 bits per heavy atom. The van der Waals surface area contributed by atoms with Crippen LogP contribution in [0.15, 0.2) is 162 Å². The van der Waals surface area contributed by atoms with Gasteiger partial charge in [-0.05, 0) is 81.4 Å². The van der Waals surface area contributed by atoms with Crippen molar-refractivity contribution in [3.63, 3.8) is 0 Å². The Morgan fingerprint density at radius 3 is 2.04 bits per heavy atom. The lowest BCUT2D eigenvalue weighted by Gasteiger charge is -2.14. The maximum Gasteiger partial charge on any atom is 0.135 e. The van der Waals surface area contributed by atoms with Crippen molar-refractivity contribution in [2.75, 3.05) is 0 Å². The van der Waals surface area contributed by atoms with Gasteiger partial charge in [-0.25, -0.2) is 0 Å². The first-order chi connectivity index (χ1) is 22.3. The highest BCUT2D eigenvalue weighted by Crippen LogP contribution is 2.49. The summed E-state index contributed by atoms with van der Waals surface area (Å²) in [6, 6.07) is 57.3. The molecule has 2 heteroatoms. The Balaban J connectivity index is 1.17. The minimum Gasteiger partial charge on any atom is -0.456 e. The summed E-state index contributed by atoms with van der Waals surface area (Å²) in [5.74, 6) is 0.255. The molecular formula is C43H27NO. The van der Waals surface area contributed by atoms with E-state index < -0.39 is 0 Å². The van der Waals surface area contributed by atoms with Crippen LogP contribution >= 0.6 is 0 Å². The molecular weight excluding hydrogens is 546 g/mol.